The first-order valence-electron chi connectivity index (χ1n) is 6.90. The van der Waals surface area contributed by atoms with Crippen molar-refractivity contribution in [2.75, 3.05) is 12.8 Å². The molecule has 20 heavy (non-hydrogen) atoms. The molecule has 0 amide bonds. The van der Waals surface area contributed by atoms with Crippen LogP contribution in [0, 0.1) is 5.82 Å². The first-order chi connectivity index (χ1) is 9.52. The van der Waals surface area contributed by atoms with Gasteiger partial charge in [0.2, 0.25) is 0 Å². The lowest BCUT2D eigenvalue weighted by atomic mass is 10.0. The minimum absolute atomic E-state index is 0.266. The molecular weight excluding hydrogens is 313 g/mol. The maximum Gasteiger partial charge on any atom is 0.142 e. The van der Waals surface area contributed by atoms with E-state index < -0.39 is 0 Å². The molecule has 1 aliphatic rings. The highest BCUT2D eigenvalue weighted by molar-refractivity contribution is 8.07. The summed E-state index contributed by atoms with van der Waals surface area (Å²) in [6.45, 7) is 4.58. The van der Waals surface area contributed by atoms with Crippen LogP contribution in [0.25, 0.3) is 0 Å². The fraction of sp³-hybridized carbons (Fsp3) is 0.600. The van der Waals surface area contributed by atoms with Crippen LogP contribution in [0.5, 0.6) is 0 Å². The molecule has 1 nitrogen and oxygen atoms in total. The highest BCUT2D eigenvalue weighted by Gasteiger charge is 2.31. The average Bonchev–Trinajstić information content (AvgIpc) is 2.44. The Morgan fingerprint density at radius 1 is 1.40 bits per heavy atom. The lowest BCUT2D eigenvalue weighted by molar-refractivity contribution is 0.550. The summed E-state index contributed by atoms with van der Waals surface area (Å²) in [6, 6.07) is 5.38. The minimum atomic E-state index is -0.327. The molecule has 1 saturated heterocycles. The number of halogens is 2. The number of rotatable bonds is 4. The highest BCUT2D eigenvalue weighted by atomic mass is 35.5. The van der Waals surface area contributed by atoms with Crippen molar-refractivity contribution in [1.29, 1.82) is 0 Å². The van der Waals surface area contributed by atoms with Crippen molar-refractivity contribution in [2.45, 2.75) is 42.1 Å². The number of thioether (sulfide) groups is 2. The second-order valence-corrected chi connectivity index (χ2v) is 8.64. The molecular formula is C15H21ClFNS2. The van der Waals surface area contributed by atoms with Gasteiger partial charge in [-0.1, -0.05) is 37.6 Å². The first kappa shape index (κ1) is 16.5. The van der Waals surface area contributed by atoms with Gasteiger partial charge in [-0.25, -0.2) is 4.39 Å². The number of hydrogen-bond acceptors (Lipinski definition) is 3. The highest BCUT2D eigenvalue weighted by Crippen LogP contribution is 2.38. The maximum absolute atomic E-state index is 13.5. The molecule has 0 radical (unpaired) electrons. The standard InChI is InChI=1S/C15H21ClFNS2/c1-9-10(2)20-14(8-19-9)13(18-3)7-11-5-4-6-12(17)15(11)16/h4-6,9-10,13-14,18H,7-8H2,1-3H3. The van der Waals surface area contributed by atoms with Crippen molar-refractivity contribution < 1.29 is 4.39 Å². The van der Waals surface area contributed by atoms with Crippen LogP contribution in [0.3, 0.4) is 0 Å². The van der Waals surface area contributed by atoms with Gasteiger partial charge in [0.15, 0.2) is 0 Å². The Morgan fingerprint density at radius 2 is 2.15 bits per heavy atom. The number of nitrogens with one attached hydrogen (secondary N) is 1. The van der Waals surface area contributed by atoms with E-state index in [0.29, 0.717) is 21.8 Å². The van der Waals surface area contributed by atoms with Gasteiger partial charge in [0.05, 0.1) is 5.02 Å². The molecule has 0 spiro atoms. The van der Waals surface area contributed by atoms with Crippen LogP contribution < -0.4 is 5.32 Å². The SMILES string of the molecule is CNC(Cc1cccc(F)c1Cl)C1CSC(C)C(C)S1. The summed E-state index contributed by atoms with van der Waals surface area (Å²) in [7, 11) is 1.98. The van der Waals surface area contributed by atoms with Crippen LogP contribution in [0.2, 0.25) is 5.02 Å². The quantitative estimate of drug-likeness (QED) is 0.885. The van der Waals surface area contributed by atoms with Crippen LogP contribution in [-0.4, -0.2) is 34.6 Å². The average molecular weight is 334 g/mol. The summed E-state index contributed by atoms with van der Waals surface area (Å²) in [5.41, 5.74) is 0.892. The molecule has 0 aliphatic carbocycles. The van der Waals surface area contributed by atoms with Gasteiger partial charge in [-0.15, -0.1) is 0 Å². The van der Waals surface area contributed by atoms with Crippen molar-refractivity contribution in [1.82, 2.24) is 5.32 Å². The predicted molar refractivity (Wildman–Crippen MR) is 90.7 cm³/mol. The molecule has 1 aliphatic heterocycles. The van der Waals surface area contributed by atoms with E-state index in [0.717, 1.165) is 17.7 Å². The molecule has 1 aromatic rings. The summed E-state index contributed by atoms with van der Waals surface area (Å²) in [4.78, 5) is 0. The van der Waals surface area contributed by atoms with E-state index in [1.165, 1.54) is 6.07 Å². The molecule has 1 heterocycles. The fourth-order valence-corrected chi connectivity index (χ4v) is 5.75. The van der Waals surface area contributed by atoms with Gasteiger partial charge in [0.1, 0.15) is 5.82 Å². The lowest BCUT2D eigenvalue weighted by Gasteiger charge is -2.36. The Hall–Kier alpha value is 0.1000. The van der Waals surface area contributed by atoms with Crippen molar-refractivity contribution in [3.63, 3.8) is 0 Å². The van der Waals surface area contributed by atoms with Gasteiger partial charge in [-0.3, -0.25) is 0 Å². The van der Waals surface area contributed by atoms with Gasteiger partial charge in [0, 0.05) is 27.5 Å². The van der Waals surface area contributed by atoms with Crippen molar-refractivity contribution in [2.24, 2.45) is 0 Å². The zero-order chi connectivity index (χ0) is 14.7. The van der Waals surface area contributed by atoms with Crippen LogP contribution in [0.15, 0.2) is 18.2 Å². The summed E-state index contributed by atoms with van der Waals surface area (Å²) in [6.07, 6.45) is 0.770. The number of hydrogen-bond donors (Lipinski definition) is 1. The second-order valence-electron chi connectivity index (χ2n) is 5.23. The molecule has 1 fully saturated rings. The van der Waals surface area contributed by atoms with E-state index in [1.54, 1.807) is 6.07 Å². The molecule has 112 valence electrons. The first-order valence-corrected chi connectivity index (χ1v) is 9.27. The number of likely N-dealkylation sites (N-methyl/N-ethyl adjacent to an activating group) is 1. The third-order valence-electron chi connectivity index (χ3n) is 3.86. The molecule has 1 N–H and O–H groups in total. The second kappa shape index (κ2) is 7.39. The Balaban J connectivity index is 2.07. The monoisotopic (exact) mass is 333 g/mol. The Bertz CT molecular complexity index is 457. The van der Waals surface area contributed by atoms with E-state index >= 15 is 0 Å². The van der Waals surface area contributed by atoms with Gasteiger partial charge in [0.25, 0.3) is 0 Å². The summed E-state index contributed by atoms with van der Waals surface area (Å²) in [5, 5.41) is 5.54. The summed E-state index contributed by atoms with van der Waals surface area (Å²) >= 11 is 10.1. The zero-order valence-electron chi connectivity index (χ0n) is 12.0. The third kappa shape index (κ3) is 3.85. The van der Waals surface area contributed by atoms with Gasteiger partial charge in [-0.2, -0.15) is 23.5 Å². The Kier molecular flexibility index (Phi) is 6.09. The number of benzene rings is 1. The zero-order valence-corrected chi connectivity index (χ0v) is 14.4. The van der Waals surface area contributed by atoms with Crippen molar-refractivity contribution in [3.05, 3.63) is 34.6 Å². The molecule has 0 aromatic heterocycles. The van der Waals surface area contributed by atoms with Gasteiger partial charge in [-0.05, 0) is 25.1 Å². The summed E-state index contributed by atoms with van der Waals surface area (Å²) in [5.74, 6) is 0.806. The van der Waals surface area contributed by atoms with E-state index in [-0.39, 0.29) is 10.8 Å². The molecule has 4 atom stereocenters. The van der Waals surface area contributed by atoms with Crippen molar-refractivity contribution >= 4 is 35.1 Å². The van der Waals surface area contributed by atoms with E-state index in [4.69, 9.17) is 11.6 Å². The molecule has 5 heteroatoms. The Morgan fingerprint density at radius 3 is 2.80 bits per heavy atom. The molecule has 4 unspecified atom stereocenters. The third-order valence-corrected chi connectivity index (χ3v) is 7.84. The van der Waals surface area contributed by atoms with Crippen LogP contribution in [-0.2, 0) is 6.42 Å². The van der Waals surface area contributed by atoms with Crippen LogP contribution in [0.1, 0.15) is 19.4 Å². The van der Waals surface area contributed by atoms with Gasteiger partial charge < -0.3 is 5.32 Å². The topological polar surface area (TPSA) is 12.0 Å². The molecule has 0 saturated carbocycles. The predicted octanol–water partition coefficient (Wildman–Crippen LogP) is 4.24. The van der Waals surface area contributed by atoms with E-state index in [1.807, 2.05) is 36.6 Å². The van der Waals surface area contributed by atoms with E-state index in [9.17, 15) is 4.39 Å². The molecule has 2 rings (SSSR count). The lowest BCUT2D eigenvalue weighted by Crippen LogP contribution is -2.43. The smallest absolute Gasteiger partial charge is 0.142 e. The van der Waals surface area contributed by atoms with Crippen LogP contribution in [0.4, 0.5) is 4.39 Å². The fourth-order valence-electron chi connectivity index (χ4n) is 2.38. The molecule has 1 aromatic carbocycles. The maximum atomic E-state index is 13.5. The Labute approximate surface area is 134 Å². The van der Waals surface area contributed by atoms with Gasteiger partial charge >= 0.3 is 0 Å². The minimum Gasteiger partial charge on any atom is -0.316 e. The van der Waals surface area contributed by atoms with Crippen molar-refractivity contribution in [3.8, 4) is 0 Å². The van der Waals surface area contributed by atoms with E-state index in [2.05, 4.69) is 19.2 Å². The largest absolute Gasteiger partial charge is 0.316 e. The normalized spacial score (nSPS) is 28.4. The van der Waals surface area contributed by atoms with Crippen LogP contribution >= 0.6 is 35.1 Å². The summed E-state index contributed by atoms with van der Waals surface area (Å²) < 4.78 is 13.5. The molecule has 0 bridgehead atoms.